The molecule has 2 atom stereocenters. The van der Waals surface area contributed by atoms with Gasteiger partial charge in [-0.3, -0.25) is 10.1 Å². The largest absolute Gasteiger partial charge is 0.325 e. The molecular formula is C21H29N3O3S. The van der Waals surface area contributed by atoms with Crippen LogP contribution >= 0.6 is 0 Å². The summed E-state index contributed by atoms with van der Waals surface area (Å²) in [4.78, 5) is 12.6. The van der Waals surface area contributed by atoms with E-state index < -0.39 is 16.1 Å². The molecule has 7 heteroatoms. The van der Waals surface area contributed by atoms with E-state index in [0.29, 0.717) is 11.6 Å². The van der Waals surface area contributed by atoms with Gasteiger partial charge in [-0.15, -0.1) is 0 Å². The highest BCUT2D eigenvalue weighted by Crippen LogP contribution is 2.23. The van der Waals surface area contributed by atoms with Crippen LogP contribution in [0.4, 0.5) is 5.69 Å². The molecule has 0 radical (unpaired) electrons. The number of carbonyl (C=O) groups excluding carboxylic acids is 1. The zero-order valence-corrected chi connectivity index (χ0v) is 17.6. The van der Waals surface area contributed by atoms with Crippen LogP contribution < -0.4 is 15.8 Å². The van der Waals surface area contributed by atoms with Gasteiger partial charge < -0.3 is 5.32 Å². The third-order valence-electron chi connectivity index (χ3n) is 4.69. The monoisotopic (exact) mass is 403 g/mol. The standard InChI is InChI=1S/C21H29N3O3S/c1-5-16-6-8-17(9-7-16)20(14(2)3)23-15(4)21(25)24-18-10-12-19(13-11-18)28(22,26)27/h6-15,20,23H,5H2,1-4H3,(H,24,25)(H2,22,26,27)/t15-,20-/m1/s1. The summed E-state index contributed by atoms with van der Waals surface area (Å²) < 4.78 is 22.6. The lowest BCUT2D eigenvalue weighted by atomic mass is 9.94. The summed E-state index contributed by atoms with van der Waals surface area (Å²) in [7, 11) is -3.75. The molecule has 0 saturated carbocycles. The predicted molar refractivity (Wildman–Crippen MR) is 112 cm³/mol. The maximum absolute atomic E-state index is 12.6. The number of hydrogen-bond donors (Lipinski definition) is 3. The van der Waals surface area contributed by atoms with Gasteiger partial charge in [0.25, 0.3) is 0 Å². The van der Waals surface area contributed by atoms with Crippen LogP contribution in [0.1, 0.15) is 44.9 Å². The van der Waals surface area contributed by atoms with Gasteiger partial charge in [0.1, 0.15) is 0 Å². The van der Waals surface area contributed by atoms with E-state index in [1.165, 1.54) is 29.8 Å². The number of hydrogen-bond acceptors (Lipinski definition) is 4. The van der Waals surface area contributed by atoms with Crippen molar-refractivity contribution < 1.29 is 13.2 Å². The van der Waals surface area contributed by atoms with E-state index in [-0.39, 0.29) is 16.8 Å². The van der Waals surface area contributed by atoms with E-state index in [4.69, 9.17) is 5.14 Å². The van der Waals surface area contributed by atoms with Crippen LogP contribution in [0.15, 0.2) is 53.4 Å². The van der Waals surface area contributed by atoms with Gasteiger partial charge in [0.2, 0.25) is 15.9 Å². The van der Waals surface area contributed by atoms with Crippen LogP contribution in [-0.4, -0.2) is 20.4 Å². The van der Waals surface area contributed by atoms with Gasteiger partial charge in [0.05, 0.1) is 10.9 Å². The van der Waals surface area contributed by atoms with Crippen molar-refractivity contribution in [1.82, 2.24) is 5.32 Å². The molecule has 0 heterocycles. The van der Waals surface area contributed by atoms with Gasteiger partial charge in [0.15, 0.2) is 0 Å². The first kappa shape index (κ1) is 22.1. The number of aryl methyl sites for hydroxylation is 1. The van der Waals surface area contributed by atoms with Crippen molar-refractivity contribution in [2.24, 2.45) is 11.1 Å². The molecule has 0 spiro atoms. The SMILES string of the molecule is CCc1ccc([C@H](N[C@H](C)C(=O)Nc2ccc(S(N)(=O)=O)cc2)C(C)C)cc1. The number of rotatable bonds is 8. The summed E-state index contributed by atoms with van der Waals surface area (Å²) in [6.45, 7) is 8.16. The van der Waals surface area contributed by atoms with Crippen LogP contribution in [0, 0.1) is 5.92 Å². The Morgan fingerprint density at radius 3 is 2.04 bits per heavy atom. The van der Waals surface area contributed by atoms with Crippen LogP contribution in [-0.2, 0) is 21.2 Å². The molecule has 1 amide bonds. The average Bonchev–Trinajstić information content (AvgIpc) is 2.65. The third kappa shape index (κ3) is 5.89. The fourth-order valence-electron chi connectivity index (χ4n) is 2.96. The number of sulfonamides is 1. The lowest BCUT2D eigenvalue weighted by Crippen LogP contribution is -2.41. The third-order valence-corrected chi connectivity index (χ3v) is 5.62. The first-order valence-corrected chi connectivity index (χ1v) is 10.9. The van der Waals surface area contributed by atoms with E-state index in [9.17, 15) is 13.2 Å². The molecule has 2 aromatic rings. The second-order valence-corrected chi connectivity index (χ2v) is 8.83. The number of benzene rings is 2. The quantitative estimate of drug-likeness (QED) is 0.630. The molecule has 28 heavy (non-hydrogen) atoms. The molecule has 2 rings (SSSR count). The van der Waals surface area contributed by atoms with Crippen molar-refractivity contribution >= 4 is 21.6 Å². The predicted octanol–water partition coefficient (Wildman–Crippen LogP) is 3.21. The highest BCUT2D eigenvalue weighted by atomic mass is 32.2. The number of primary sulfonamides is 1. The number of nitrogens with two attached hydrogens (primary N) is 1. The van der Waals surface area contributed by atoms with Crippen LogP contribution in [0.2, 0.25) is 0 Å². The van der Waals surface area contributed by atoms with E-state index >= 15 is 0 Å². The van der Waals surface area contributed by atoms with E-state index in [2.05, 4.69) is 55.7 Å². The summed E-state index contributed by atoms with van der Waals surface area (Å²) in [5, 5.41) is 11.3. The zero-order valence-electron chi connectivity index (χ0n) is 16.8. The molecule has 0 saturated heterocycles. The number of anilines is 1. The van der Waals surface area contributed by atoms with Crippen molar-refractivity contribution in [3.8, 4) is 0 Å². The maximum atomic E-state index is 12.6. The molecule has 0 aliphatic rings. The lowest BCUT2D eigenvalue weighted by Gasteiger charge is -2.26. The number of amides is 1. The van der Waals surface area contributed by atoms with Gasteiger partial charge in [-0.1, -0.05) is 45.0 Å². The molecule has 0 bridgehead atoms. The van der Waals surface area contributed by atoms with Crippen LogP contribution in [0.3, 0.4) is 0 Å². The molecule has 0 aliphatic carbocycles. The highest BCUT2D eigenvalue weighted by molar-refractivity contribution is 7.89. The fourth-order valence-corrected chi connectivity index (χ4v) is 3.47. The van der Waals surface area contributed by atoms with Gasteiger partial charge in [-0.25, -0.2) is 13.6 Å². The first-order chi connectivity index (χ1) is 13.1. The van der Waals surface area contributed by atoms with Crippen LogP contribution in [0.25, 0.3) is 0 Å². The molecule has 0 fully saturated rings. The van der Waals surface area contributed by atoms with Crippen molar-refractivity contribution in [3.63, 3.8) is 0 Å². The second-order valence-electron chi connectivity index (χ2n) is 7.26. The molecule has 0 aromatic heterocycles. The minimum Gasteiger partial charge on any atom is -0.325 e. The lowest BCUT2D eigenvalue weighted by molar-refractivity contribution is -0.118. The highest BCUT2D eigenvalue weighted by Gasteiger charge is 2.22. The van der Waals surface area contributed by atoms with Crippen molar-refractivity contribution in [1.29, 1.82) is 0 Å². The number of nitrogens with one attached hydrogen (secondary N) is 2. The average molecular weight is 404 g/mol. The molecule has 2 aromatic carbocycles. The molecule has 4 N–H and O–H groups in total. The van der Waals surface area contributed by atoms with E-state index in [0.717, 1.165) is 12.0 Å². The fraction of sp³-hybridized carbons (Fsp3) is 0.381. The molecule has 0 aliphatic heterocycles. The minimum atomic E-state index is -3.75. The smallest absolute Gasteiger partial charge is 0.241 e. The Morgan fingerprint density at radius 1 is 1.00 bits per heavy atom. The Kier molecular flexibility index (Phi) is 7.35. The van der Waals surface area contributed by atoms with Crippen molar-refractivity contribution in [2.75, 3.05) is 5.32 Å². The normalized spacial score (nSPS) is 13.9. The Balaban J connectivity index is 2.06. The second kappa shape index (κ2) is 9.32. The topological polar surface area (TPSA) is 101 Å². The summed E-state index contributed by atoms with van der Waals surface area (Å²) in [6.07, 6.45) is 0.989. The molecule has 0 unspecified atom stereocenters. The summed E-state index contributed by atoms with van der Waals surface area (Å²) in [5.74, 6) is 0.107. The summed E-state index contributed by atoms with van der Waals surface area (Å²) >= 11 is 0. The first-order valence-electron chi connectivity index (χ1n) is 9.40. The molecular weight excluding hydrogens is 374 g/mol. The van der Waals surface area contributed by atoms with Crippen molar-refractivity contribution in [2.45, 2.75) is 51.1 Å². The number of carbonyl (C=O) groups is 1. The van der Waals surface area contributed by atoms with E-state index in [1.807, 2.05) is 6.92 Å². The summed E-state index contributed by atoms with van der Waals surface area (Å²) in [6, 6.07) is 13.8. The van der Waals surface area contributed by atoms with Gasteiger partial charge in [-0.05, 0) is 54.7 Å². The zero-order chi connectivity index (χ0) is 20.9. The molecule has 6 nitrogen and oxygen atoms in total. The van der Waals surface area contributed by atoms with Gasteiger partial charge in [0, 0.05) is 11.7 Å². The molecule has 152 valence electrons. The Hall–Kier alpha value is -2.22. The Bertz CT molecular complexity index is 891. The Morgan fingerprint density at radius 2 is 1.57 bits per heavy atom. The maximum Gasteiger partial charge on any atom is 0.241 e. The summed E-state index contributed by atoms with van der Waals surface area (Å²) in [5.41, 5.74) is 2.93. The van der Waals surface area contributed by atoms with E-state index in [1.54, 1.807) is 0 Å². The minimum absolute atomic E-state index is 0.00655. The Labute approximate surface area is 167 Å². The van der Waals surface area contributed by atoms with Crippen LogP contribution in [0.5, 0.6) is 0 Å². The van der Waals surface area contributed by atoms with Crippen molar-refractivity contribution in [3.05, 3.63) is 59.7 Å². The van der Waals surface area contributed by atoms with Gasteiger partial charge in [-0.2, -0.15) is 0 Å². The van der Waals surface area contributed by atoms with Gasteiger partial charge >= 0.3 is 0 Å².